The SMILES string of the molecule is CCC(C)N(C)CCNC(=NC)N1CCSC(C(C)C)C1.I. The maximum atomic E-state index is 4.47. The van der Waals surface area contributed by atoms with Gasteiger partial charge in [-0.15, -0.1) is 24.0 Å². The van der Waals surface area contributed by atoms with Crippen molar-refractivity contribution in [2.75, 3.05) is 46.0 Å². The van der Waals surface area contributed by atoms with Crippen LogP contribution in [0, 0.1) is 5.92 Å². The average molecular weight is 442 g/mol. The third-order valence-electron chi connectivity index (χ3n) is 4.44. The van der Waals surface area contributed by atoms with Crippen molar-refractivity contribution in [3.63, 3.8) is 0 Å². The molecule has 1 fully saturated rings. The first-order valence-corrected chi connectivity index (χ1v) is 9.31. The van der Waals surface area contributed by atoms with E-state index in [0.29, 0.717) is 6.04 Å². The van der Waals surface area contributed by atoms with E-state index in [1.54, 1.807) is 0 Å². The van der Waals surface area contributed by atoms with Crippen LogP contribution in [-0.4, -0.2) is 73.1 Å². The number of hydrogen-bond acceptors (Lipinski definition) is 3. The van der Waals surface area contributed by atoms with E-state index in [2.05, 4.69) is 66.6 Å². The molecule has 22 heavy (non-hydrogen) atoms. The summed E-state index contributed by atoms with van der Waals surface area (Å²) in [4.78, 5) is 9.30. The van der Waals surface area contributed by atoms with Gasteiger partial charge < -0.3 is 15.1 Å². The molecule has 2 atom stereocenters. The molecule has 0 aromatic carbocycles. The van der Waals surface area contributed by atoms with Crippen LogP contribution in [0.25, 0.3) is 0 Å². The fraction of sp³-hybridized carbons (Fsp3) is 0.938. The van der Waals surface area contributed by atoms with E-state index < -0.39 is 0 Å². The van der Waals surface area contributed by atoms with Crippen LogP contribution in [0.2, 0.25) is 0 Å². The molecular weight excluding hydrogens is 407 g/mol. The van der Waals surface area contributed by atoms with Crippen molar-refractivity contribution in [2.24, 2.45) is 10.9 Å². The van der Waals surface area contributed by atoms with Crippen molar-refractivity contribution in [2.45, 2.75) is 45.4 Å². The van der Waals surface area contributed by atoms with Crippen molar-refractivity contribution in [1.29, 1.82) is 0 Å². The zero-order valence-corrected chi connectivity index (χ0v) is 18.3. The zero-order chi connectivity index (χ0) is 15.8. The van der Waals surface area contributed by atoms with Gasteiger partial charge in [-0.3, -0.25) is 4.99 Å². The highest BCUT2D eigenvalue weighted by Crippen LogP contribution is 2.24. The van der Waals surface area contributed by atoms with Crippen molar-refractivity contribution >= 4 is 41.7 Å². The lowest BCUT2D eigenvalue weighted by molar-refractivity contribution is 0.254. The Balaban J connectivity index is 0.00000441. The summed E-state index contributed by atoms with van der Waals surface area (Å²) in [6, 6.07) is 0.644. The number of nitrogens with zero attached hydrogens (tertiary/aromatic N) is 3. The van der Waals surface area contributed by atoms with Gasteiger partial charge in [0.2, 0.25) is 0 Å². The summed E-state index contributed by atoms with van der Waals surface area (Å²) in [7, 11) is 4.10. The maximum absolute atomic E-state index is 4.47. The van der Waals surface area contributed by atoms with Crippen LogP contribution in [0.1, 0.15) is 34.1 Å². The zero-order valence-electron chi connectivity index (χ0n) is 15.1. The summed E-state index contributed by atoms with van der Waals surface area (Å²) in [6.45, 7) is 13.4. The molecular formula is C16H35IN4S. The monoisotopic (exact) mass is 442 g/mol. The van der Waals surface area contributed by atoms with E-state index in [-0.39, 0.29) is 24.0 Å². The standard InChI is InChI=1S/C16H34N4S.HI/c1-7-14(4)19(6)9-8-18-16(17-5)20-10-11-21-15(12-20)13(2)3;/h13-15H,7-12H2,1-6H3,(H,17,18);1H. The molecule has 1 heterocycles. The molecule has 0 aliphatic carbocycles. The number of likely N-dealkylation sites (N-methyl/N-ethyl adjacent to an activating group) is 1. The van der Waals surface area contributed by atoms with Crippen LogP contribution < -0.4 is 5.32 Å². The fourth-order valence-corrected chi connectivity index (χ4v) is 3.78. The highest BCUT2D eigenvalue weighted by atomic mass is 127. The Kier molecular flexibility index (Phi) is 12.0. The van der Waals surface area contributed by atoms with Crippen LogP contribution in [0.5, 0.6) is 0 Å². The van der Waals surface area contributed by atoms with Crippen LogP contribution in [0.15, 0.2) is 4.99 Å². The number of rotatable bonds is 6. The first kappa shape index (κ1) is 22.3. The summed E-state index contributed by atoms with van der Waals surface area (Å²) in [5.41, 5.74) is 0. The Morgan fingerprint density at radius 1 is 1.41 bits per heavy atom. The molecule has 132 valence electrons. The van der Waals surface area contributed by atoms with Crippen LogP contribution >= 0.6 is 35.7 Å². The van der Waals surface area contributed by atoms with E-state index in [9.17, 15) is 0 Å². The predicted molar refractivity (Wildman–Crippen MR) is 112 cm³/mol. The summed E-state index contributed by atoms with van der Waals surface area (Å²) >= 11 is 2.11. The van der Waals surface area contributed by atoms with E-state index >= 15 is 0 Å². The number of guanidine groups is 1. The molecule has 1 saturated heterocycles. The lowest BCUT2D eigenvalue weighted by Crippen LogP contribution is -2.50. The molecule has 1 aliphatic heterocycles. The first-order valence-electron chi connectivity index (χ1n) is 8.27. The molecule has 4 nitrogen and oxygen atoms in total. The molecule has 0 aromatic heterocycles. The van der Waals surface area contributed by atoms with Gasteiger partial charge in [-0.1, -0.05) is 20.8 Å². The van der Waals surface area contributed by atoms with Gasteiger partial charge in [0.25, 0.3) is 0 Å². The minimum atomic E-state index is 0. The van der Waals surface area contributed by atoms with Crippen molar-refractivity contribution in [3.8, 4) is 0 Å². The lowest BCUT2D eigenvalue weighted by Gasteiger charge is -2.36. The summed E-state index contributed by atoms with van der Waals surface area (Å²) in [6.07, 6.45) is 1.20. The van der Waals surface area contributed by atoms with Crippen LogP contribution in [0.4, 0.5) is 0 Å². The third kappa shape index (κ3) is 7.25. The molecule has 1 aliphatic rings. The molecule has 2 unspecified atom stereocenters. The quantitative estimate of drug-likeness (QED) is 0.389. The van der Waals surface area contributed by atoms with Gasteiger partial charge in [0.1, 0.15) is 0 Å². The minimum Gasteiger partial charge on any atom is -0.355 e. The second-order valence-corrected chi connectivity index (χ2v) is 7.66. The number of halogens is 1. The molecule has 0 radical (unpaired) electrons. The maximum Gasteiger partial charge on any atom is 0.193 e. The van der Waals surface area contributed by atoms with Crippen molar-refractivity contribution in [1.82, 2.24) is 15.1 Å². The van der Waals surface area contributed by atoms with Gasteiger partial charge in [-0.25, -0.2) is 0 Å². The Hall–Kier alpha value is 0.310. The molecule has 0 saturated carbocycles. The second-order valence-electron chi connectivity index (χ2n) is 6.31. The van der Waals surface area contributed by atoms with E-state index in [4.69, 9.17) is 0 Å². The molecule has 0 spiro atoms. The molecule has 0 bridgehead atoms. The number of hydrogen-bond donors (Lipinski definition) is 1. The fourth-order valence-electron chi connectivity index (χ4n) is 2.48. The predicted octanol–water partition coefficient (Wildman–Crippen LogP) is 2.98. The molecule has 0 amide bonds. The summed E-state index contributed by atoms with van der Waals surface area (Å²) in [5.74, 6) is 3.00. The second kappa shape index (κ2) is 11.8. The Bertz CT molecular complexity index is 325. The summed E-state index contributed by atoms with van der Waals surface area (Å²) in [5, 5.41) is 4.26. The molecule has 0 aromatic rings. The Labute approximate surface area is 158 Å². The van der Waals surface area contributed by atoms with Crippen molar-refractivity contribution < 1.29 is 0 Å². The van der Waals surface area contributed by atoms with Crippen LogP contribution in [0.3, 0.4) is 0 Å². The Morgan fingerprint density at radius 2 is 2.09 bits per heavy atom. The molecule has 6 heteroatoms. The van der Waals surface area contributed by atoms with Gasteiger partial charge in [-0.2, -0.15) is 11.8 Å². The number of thioether (sulfide) groups is 1. The van der Waals surface area contributed by atoms with Gasteiger partial charge in [0.15, 0.2) is 5.96 Å². The smallest absolute Gasteiger partial charge is 0.193 e. The van der Waals surface area contributed by atoms with Crippen molar-refractivity contribution in [3.05, 3.63) is 0 Å². The largest absolute Gasteiger partial charge is 0.355 e. The summed E-state index contributed by atoms with van der Waals surface area (Å²) < 4.78 is 0. The molecule has 1 rings (SSSR count). The topological polar surface area (TPSA) is 30.9 Å². The molecule has 1 N–H and O–H groups in total. The number of aliphatic imine (C=N–C) groups is 1. The Morgan fingerprint density at radius 3 is 2.64 bits per heavy atom. The first-order chi connectivity index (χ1) is 9.99. The van der Waals surface area contributed by atoms with Crippen LogP contribution in [-0.2, 0) is 0 Å². The van der Waals surface area contributed by atoms with Gasteiger partial charge in [-0.05, 0) is 26.3 Å². The average Bonchev–Trinajstić information content (AvgIpc) is 2.50. The third-order valence-corrected chi connectivity index (χ3v) is 5.98. The van der Waals surface area contributed by atoms with E-state index in [1.165, 1.54) is 12.2 Å². The van der Waals surface area contributed by atoms with E-state index in [0.717, 1.165) is 43.3 Å². The lowest BCUT2D eigenvalue weighted by atomic mass is 10.1. The number of nitrogens with one attached hydrogen (secondary N) is 1. The van der Waals surface area contributed by atoms with Gasteiger partial charge >= 0.3 is 0 Å². The van der Waals surface area contributed by atoms with Gasteiger partial charge in [0, 0.05) is 50.3 Å². The van der Waals surface area contributed by atoms with Gasteiger partial charge in [0.05, 0.1) is 0 Å². The minimum absolute atomic E-state index is 0. The normalized spacial score (nSPS) is 21.0. The highest BCUT2D eigenvalue weighted by Gasteiger charge is 2.24. The van der Waals surface area contributed by atoms with E-state index in [1.807, 2.05) is 7.05 Å². The highest BCUT2D eigenvalue weighted by molar-refractivity contribution is 14.0.